The van der Waals surface area contributed by atoms with Gasteiger partial charge in [0.05, 0.1) is 34.2 Å². The van der Waals surface area contributed by atoms with E-state index in [9.17, 15) is 9.59 Å². The summed E-state index contributed by atoms with van der Waals surface area (Å²) in [5, 5.41) is 10.7. The molecule has 0 radical (unpaired) electrons. The third-order valence-electron chi connectivity index (χ3n) is 5.68. The SMILES string of the molecule is Cc1[nH]ncc1Nn1c(/C(=C/c2ccccc2Cl)NC(=O)c2ccccc2)nc2c(Br)cc(Br)cc2c1=O. The molecule has 1 amide bonds. The average molecular weight is 655 g/mol. The summed E-state index contributed by atoms with van der Waals surface area (Å²) >= 11 is 13.4. The van der Waals surface area contributed by atoms with Gasteiger partial charge in [-0.25, -0.2) is 4.98 Å². The number of nitrogens with one attached hydrogen (secondary N) is 3. The Kier molecular flexibility index (Phi) is 7.46. The van der Waals surface area contributed by atoms with Crippen LogP contribution in [0.1, 0.15) is 27.4 Å². The number of aryl methyl sites for hydroxylation is 1. The van der Waals surface area contributed by atoms with E-state index in [2.05, 4.69) is 52.8 Å². The van der Waals surface area contributed by atoms with Crippen molar-refractivity contribution in [3.63, 3.8) is 0 Å². The third kappa shape index (κ3) is 5.28. The number of fused-ring (bicyclic) bond motifs is 1. The van der Waals surface area contributed by atoms with Gasteiger partial charge in [0.15, 0.2) is 5.82 Å². The highest BCUT2D eigenvalue weighted by Crippen LogP contribution is 2.28. The Balaban J connectivity index is 1.78. The number of aromatic nitrogens is 4. The van der Waals surface area contributed by atoms with Gasteiger partial charge in [0.25, 0.3) is 11.5 Å². The molecule has 2 heterocycles. The largest absolute Gasteiger partial charge is 0.319 e. The quantitative estimate of drug-likeness (QED) is 0.196. The number of hydrogen-bond acceptors (Lipinski definition) is 5. The summed E-state index contributed by atoms with van der Waals surface area (Å²) in [7, 11) is 0. The predicted molar refractivity (Wildman–Crippen MR) is 157 cm³/mol. The maximum absolute atomic E-state index is 13.9. The molecule has 0 fully saturated rings. The Morgan fingerprint density at radius 2 is 1.82 bits per heavy atom. The van der Waals surface area contributed by atoms with E-state index in [1.165, 1.54) is 4.68 Å². The molecule has 3 aromatic carbocycles. The van der Waals surface area contributed by atoms with Gasteiger partial charge in [0, 0.05) is 19.5 Å². The van der Waals surface area contributed by atoms with Crippen molar-refractivity contribution in [3.8, 4) is 0 Å². The summed E-state index contributed by atoms with van der Waals surface area (Å²) in [5.41, 5.74) is 5.76. The van der Waals surface area contributed by atoms with Crippen LogP contribution in [-0.4, -0.2) is 25.8 Å². The minimum atomic E-state index is -0.383. The lowest BCUT2D eigenvalue weighted by molar-refractivity contribution is 0.0973. The summed E-state index contributed by atoms with van der Waals surface area (Å²) < 4.78 is 2.60. The van der Waals surface area contributed by atoms with Gasteiger partial charge in [0.2, 0.25) is 0 Å². The zero-order chi connectivity index (χ0) is 26.8. The van der Waals surface area contributed by atoms with Crippen LogP contribution in [0.15, 0.2) is 86.7 Å². The molecule has 190 valence electrons. The van der Waals surface area contributed by atoms with Crippen LogP contribution in [-0.2, 0) is 0 Å². The van der Waals surface area contributed by atoms with E-state index in [-0.39, 0.29) is 23.0 Å². The number of amides is 1. The summed E-state index contributed by atoms with van der Waals surface area (Å²) in [4.78, 5) is 32.0. The molecule has 0 aliphatic rings. The summed E-state index contributed by atoms with van der Waals surface area (Å²) in [5.74, 6) is -0.213. The first-order valence-corrected chi connectivity index (χ1v) is 13.3. The summed E-state index contributed by atoms with van der Waals surface area (Å²) in [6, 6.07) is 19.5. The first kappa shape index (κ1) is 25.9. The lowest BCUT2D eigenvalue weighted by atomic mass is 10.1. The third-order valence-corrected chi connectivity index (χ3v) is 7.09. The predicted octanol–water partition coefficient (Wildman–Crippen LogP) is 6.41. The van der Waals surface area contributed by atoms with Crippen molar-refractivity contribution in [1.29, 1.82) is 0 Å². The fraction of sp³-hybridized carbons (Fsp3) is 0.0370. The number of carbonyl (C=O) groups is 1. The van der Waals surface area contributed by atoms with Crippen LogP contribution in [0.2, 0.25) is 5.02 Å². The Labute approximate surface area is 239 Å². The topological polar surface area (TPSA) is 105 Å². The standard InChI is InChI=1S/C27H19Br2ClN6O2/c1-15-23(14-31-34-15)35-36-25(33-24-19(27(36)38)12-18(28)13-20(24)29)22(11-17-9-5-6-10-21(17)30)32-26(37)16-7-3-2-4-8-16/h2-14,35H,1H3,(H,31,34)(H,32,37)/b22-11-. The molecule has 0 unspecified atom stereocenters. The summed E-state index contributed by atoms with van der Waals surface area (Å²) in [6.45, 7) is 1.82. The fourth-order valence-corrected chi connectivity index (χ4v) is 5.28. The van der Waals surface area contributed by atoms with Gasteiger partial charge in [-0.1, -0.05) is 63.9 Å². The highest BCUT2D eigenvalue weighted by atomic mass is 79.9. The normalized spacial score (nSPS) is 11.5. The molecule has 5 rings (SSSR count). The zero-order valence-corrected chi connectivity index (χ0v) is 23.7. The molecule has 8 nitrogen and oxygen atoms in total. The number of hydrogen-bond donors (Lipinski definition) is 3. The van der Waals surface area contributed by atoms with Crippen LogP contribution in [0.3, 0.4) is 0 Å². The molecule has 0 saturated heterocycles. The number of rotatable bonds is 6. The van der Waals surface area contributed by atoms with E-state index in [1.807, 2.05) is 25.1 Å². The minimum absolute atomic E-state index is 0.162. The van der Waals surface area contributed by atoms with Crippen molar-refractivity contribution in [3.05, 3.63) is 120 Å². The van der Waals surface area contributed by atoms with Gasteiger partial charge >= 0.3 is 0 Å². The number of benzene rings is 3. The van der Waals surface area contributed by atoms with E-state index in [0.717, 1.165) is 0 Å². The first-order chi connectivity index (χ1) is 18.3. The van der Waals surface area contributed by atoms with Crippen LogP contribution >= 0.6 is 43.5 Å². The Morgan fingerprint density at radius 1 is 1.08 bits per heavy atom. The van der Waals surface area contributed by atoms with Crippen molar-refractivity contribution >= 4 is 77.7 Å². The molecule has 38 heavy (non-hydrogen) atoms. The number of H-pyrrole nitrogens is 1. The summed E-state index contributed by atoms with van der Waals surface area (Å²) in [6.07, 6.45) is 3.25. The lowest BCUT2D eigenvalue weighted by Crippen LogP contribution is -2.34. The van der Waals surface area contributed by atoms with E-state index in [1.54, 1.807) is 60.8 Å². The van der Waals surface area contributed by atoms with Crippen molar-refractivity contribution in [2.75, 3.05) is 5.43 Å². The molecule has 2 aromatic heterocycles. The van der Waals surface area contributed by atoms with Crippen molar-refractivity contribution in [1.82, 2.24) is 25.2 Å². The highest BCUT2D eigenvalue weighted by molar-refractivity contribution is 9.11. The van der Waals surface area contributed by atoms with Crippen molar-refractivity contribution < 1.29 is 4.79 Å². The van der Waals surface area contributed by atoms with Gasteiger partial charge in [0.1, 0.15) is 0 Å². The smallest absolute Gasteiger partial charge is 0.280 e. The monoisotopic (exact) mass is 652 g/mol. The van der Waals surface area contributed by atoms with Crippen LogP contribution in [0, 0.1) is 6.92 Å². The lowest BCUT2D eigenvalue weighted by Gasteiger charge is -2.18. The highest BCUT2D eigenvalue weighted by Gasteiger charge is 2.21. The number of anilines is 1. The number of nitrogens with zero attached hydrogens (tertiary/aromatic N) is 3. The average Bonchev–Trinajstić information content (AvgIpc) is 3.31. The Bertz CT molecular complexity index is 1770. The number of carbonyl (C=O) groups excluding carboxylic acids is 1. The Morgan fingerprint density at radius 3 is 2.53 bits per heavy atom. The fourth-order valence-electron chi connectivity index (χ4n) is 3.77. The maximum atomic E-state index is 13.9. The second-order valence-electron chi connectivity index (χ2n) is 8.28. The van der Waals surface area contributed by atoms with Crippen molar-refractivity contribution in [2.24, 2.45) is 0 Å². The molecule has 3 N–H and O–H groups in total. The molecule has 0 bridgehead atoms. The zero-order valence-electron chi connectivity index (χ0n) is 19.8. The second kappa shape index (κ2) is 10.9. The Hall–Kier alpha value is -3.73. The van der Waals surface area contributed by atoms with Gasteiger partial charge in [-0.05, 0) is 64.8 Å². The van der Waals surface area contributed by atoms with E-state index >= 15 is 0 Å². The maximum Gasteiger partial charge on any atom is 0.280 e. The number of aromatic amines is 1. The second-order valence-corrected chi connectivity index (χ2v) is 10.5. The molecule has 0 spiro atoms. The van der Waals surface area contributed by atoms with E-state index < -0.39 is 0 Å². The molecule has 0 aliphatic heterocycles. The van der Waals surface area contributed by atoms with Crippen LogP contribution < -0.4 is 16.3 Å². The first-order valence-electron chi connectivity index (χ1n) is 11.3. The molecule has 5 aromatic rings. The van der Waals surface area contributed by atoms with Crippen LogP contribution in [0.5, 0.6) is 0 Å². The van der Waals surface area contributed by atoms with E-state index in [4.69, 9.17) is 16.6 Å². The number of halogens is 3. The van der Waals surface area contributed by atoms with Gasteiger partial charge in [-0.3, -0.25) is 20.1 Å². The molecule has 11 heteroatoms. The van der Waals surface area contributed by atoms with Crippen LogP contribution in [0.25, 0.3) is 22.7 Å². The van der Waals surface area contributed by atoms with Crippen LogP contribution in [0.4, 0.5) is 5.69 Å². The molecule has 0 saturated carbocycles. The molecular weight excluding hydrogens is 636 g/mol. The van der Waals surface area contributed by atoms with Gasteiger partial charge in [-0.15, -0.1) is 0 Å². The van der Waals surface area contributed by atoms with E-state index in [0.29, 0.717) is 47.4 Å². The molecule has 0 atom stereocenters. The minimum Gasteiger partial charge on any atom is -0.319 e. The van der Waals surface area contributed by atoms with Gasteiger partial charge < -0.3 is 5.32 Å². The molecule has 0 aliphatic carbocycles. The van der Waals surface area contributed by atoms with Crippen molar-refractivity contribution in [2.45, 2.75) is 6.92 Å². The molecular formula is C27H19Br2ClN6O2. The van der Waals surface area contributed by atoms with Gasteiger partial charge in [-0.2, -0.15) is 9.77 Å².